The second kappa shape index (κ2) is 10.6. The second-order valence-corrected chi connectivity index (χ2v) is 8.17. The van der Waals surface area contributed by atoms with Crippen LogP contribution < -0.4 is 4.74 Å². The summed E-state index contributed by atoms with van der Waals surface area (Å²) >= 11 is 0. The van der Waals surface area contributed by atoms with E-state index < -0.39 is 0 Å². The highest BCUT2D eigenvalue weighted by atomic mass is 19.1. The molecular formula is C26H28FN3O3. The highest BCUT2D eigenvalue weighted by molar-refractivity contribution is 5.78. The summed E-state index contributed by atoms with van der Waals surface area (Å²) in [5.41, 5.74) is 3.07. The first-order valence-electron chi connectivity index (χ1n) is 10.9. The van der Waals surface area contributed by atoms with Crippen LogP contribution in [0.1, 0.15) is 17.4 Å². The first-order valence-corrected chi connectivity index (χ1v) is 10.9. The van der Waals surface area contributed by atoms with E-state index in [4.69, 9.17) is 9.47 Å². The van der Waals surface area contributed by atoms with Crippen molar-refractivity contribution in [2.45, 2.75) is 12.6 Å². The highest BCUT2D eigenvalue weighted by Crippen LogP contribution is 2.25. The van der Waals surface area contributed by atoms with E-state index in [2.05, 4.69) is 4.98 Å². The third-order valence-corrected chi connectivity index (χ3v) is 5.74. The Hall–Kier alpha value is -3.29. The number of pyridine rings is 1. The van der Waals surface area contributed by atoms with E-state index >= 15 is 0 Å². The molecule has 172 valence electrons. The number of morpholine rings is 1. The molecule has 0 saturated carbocycles. The summed E-state index contributed by atoms with van der Waals surface area (Å²) in [5, 5.41) is 0. The minimum Gasteiger partial charge on any atom is -0.497 e. The van der Waals surface area contributed by atoms with Crippen molar-refractivity contribution in [3.63, 3.8) is 0 Å². The van der Waals surface area contributed by atoms with Crippen LogP contribution in [0.15, 0.2) is 66.9 Å². The molecule has 1 atom stereocenters. The Balaban J connectivity index is 1.34. The van der Waals surface area contributed by atoms with Gasteiger partial charge >= 0.3 is 0 Å². The number of nitrogens with zero attached hydrogens (tertiary/aromatic N) is 3. The second-order valence-electron chi connectivity index (χ2n) is 8.17. The molecule has 3 aromatic rings. The third-order valence-electron chi connectivity index (χ3n) is 5.74. The molecular weight excluding hydrogens is 421 g/mol. The molecule has 1 saturated heterocycles. The molecule has 2 heterocycles. The number of halogens is 1. The Morgan fingerprint density at radius 2 is 1.97 bits per heavy atom. The Morgan fingerprint density at radius 3 is 2.67 bits per heavy atom. The van der Waals surface area contributed by atoms with Crippen LogP contribution in [0.4, 0.5) is 4.39 Å². The molecule has 1 aliphatic rings. The lowest BCUT2D eigenvalue weighted by atomic mass is 10.1. The van der Waals surface area contributed by atoms with Gasteiger partial charge in [0.25, 0.3) is 0 Å². The average molecular weight is 450 g/mol. The largest absolute Gasteiger partial charge is 0.497 e. The van der Waals surface area contributed by atoms with Crippen molar-refractivity contribution < 1.29 is 18.7 Å². The van der Waals surface area contributed by atoms with Gasteiger partial charge in [0.15, 0.2) is 0 Å². The number of carbonyl (C=O) groups excluding carboxylic acids is 1. The van der Waals surface area contributed by atoms with Crippen LogP contribution in [0.25, 0.3) is 11.1 Å². The molecule has 33 heavy (non-hydrogen) atoms. The summed E-state index contributed by atoms with van der Waals surface area (Å²) in [6.07, 6.45) is 1.35. The van der Waals surface area contributed by atoms with Crippen molar-refractivity contribution in [2.75, 3.05) is 40.4 Å². The van der Waals surface area contributed by atoms with Gasteiger partial charge in [0.1, 0.15) is 17.7 Å². The fraction of sp³-hybridized carbons (Fsp3) is 0.308. The van der Waals surface area contributed by atoms with Gasteiger partial charge in [0.05, 0.1) is 32.5 Å². The van der Waals surface area contributed by atoms with Gasteiger partial charge in [-0.15, -0.1) is 0 Å². The van der Waals surface area contributed by atoms with Crippen molar-refractivity contribution >= 4 is 5.91 Å². The molecule has 0 spiro atoms. The zero-order valence-corrected chi connectivity index (χ0v) is 18.9. The van der Waals surface area contributed by atoms with E-state index in [1.54, 1.807) is 31.5 Å². The molecule has 4 rings (SSSR count). The van der Waals surface area contributed by atoms with E-state index in [1.807, 2.05) is 53.2 Å². The number of hydrogen-bond donors (Lipinski definition) is 0. The zero-order chi connectivity index (χ0) is 23.2. The van der Waals surface area contributed by atoms with Crippen LogP contribution in [0.5, 0.6) is 5.75 Å². The number of methoxy groups -OCH3 is 1. The zero-order valence-electron chi connectivity index (χ0n) is 18.9. The molecule has 1 amide bonds. The quantitative estimate of drug-likeness (QED) is 0.547. The summed E-state index contributed by atoms with van der Waals surface area (Å²) in [6, 6.07) is 18.1. The van der Waals surface area contributed by atoms with Crippen LogP contribution in [0, 0.1) is 5.82 Å². The normalized spacial score (nSPS) is 16.1. The van der Waals surface area contributed by atoms with Gasteiger partial charge in [-0.25, -0.2) is 4.39 Å². The van der Waals surface area contributed by atoms with Gasteiger partial charge < -0.3 is 14.4 Å². The van der Waals surface area contributed by atoms with Gasteiger partial charge in [-0.1, -0.05) is 36.4 Å². The van der Waals surface area contributed by atoms with E-state index in [1.165, 1.54) is 6.07 Å². The smallest absolute Gasteiger partial charge is 0.236 e. The van der Waals surface area contributed by atoms with E-state index in [0.717, 1.165) is 17.0 Å². The number of likely N-dealkylation sites (N-methyl/N-ethyl adjacent to an activating group) is 1. The van der Waals surface area contributed by atoms with Gasteiger partial charge in [-0.2, -0.15) is 0 Å². The summed E-state index contributed by atoms with van der Waals surface area (Å²) < 4.78 is 25.1. The van der Waals surface area contributed by atoms with Gasteiger partial charge in [0, 0.05) is 30.4 Å². The summed E-state index contributed by atoms with van der Waals surface area (Å²) in [6.45, 7) is 2.44. The van der Waals surface area contributed by atoms with Crippen LogP contribution >= 0.6 is 0 Å². The lowest BCUT2D eigenvalue weighted by Crippen LogP contribution is -2.46. The lowest BCUT2D eigenvalue weighted by Gasteiger charge is -2.33. The summed E-state index contributed by atoms with van der Waals surface area (Å²) in [7, 11) is 3.57. The topological polar surface area (TPSA) is 54.9 Å². The number of hydrogen-bond acceptors (Lipinski definition) is 5. The minimum absolute atomic E-state index is 0.0577. The lowest BCUT2D eigenvalue weighted by molar-refractivity contribution is -0.140. The fourth-order valence-corrected chi connectivity index (χ4v) is 3.93. The fourth-order valence-electron chi connectivity index (χ4n) is 3.93. The minimum atomic E-state index is -0.302. The Kier molecular flexibility index (Phi) is 7.32. The maximum Gasteiger partial charge on any atom is 0.236 e. The van der Waals surface area contributed by atoms with Crippen LogP contribution in [0.3, 0.4) is 0 Å². The molecule has 0 bridgehead atoms. The molecule has 0 aliphatic carbocycles. The molecule has 6 nitrogen and oxygen atoms in total. The van der Waals surface area contributed by atoms with Crippen molar-refractivity contribution in [1.82, 2.24) is 14.8 Å². The number of aromatic nitrogens is 1. The Labute approximate surface area is 193 Å². The predicted molar refractivity (Wildman–Crippen MR) is 124 cm³/mol. The molecule has 1 fully saturated rings. The standard InChI is InChI=1S/C26H28FN3O3/c1-29(16-19-7-10-21(32-2)11-8-19)18-26(31)30-13-14-33-25(17-30)24-12-9-20(15-28-24)22-5-3-4-6-23(22)27/h3-12,15,25H,13-14,16-18H2,1-2H3/t25-/m1/s1. The van der Waals surface area contributed by atoms with Gasteiger partial charge in [-0.05, 0) is 36.9 Å². The van der Waals surface area contributed by atoms with E-state index in [-0.39, 0.29) is 17.8 Å². The number of carbonyl (C=O) groups is 1. The SMILES string of the molecule is COc1ccc(CN(C)CC(=O)N2CCO[C@@H](c3ccc(-c4ccccc4F)cn3)C2)cc1. The van der Waals surface area contributed by atoms with E-state index in [9.17, 15) is 9.18 Å². The molecule has 7 heteroatoms. The van der Waals surface area contributed by atoms with Gasteiger partial charge in [-0.3, -0.25) is 14.7 Å². The molecule has 0 unspecified atom stereocenters. The highest BCUT2D eigenvalue weighted by Gasteiger charge is 2.26. The average Bonchev–Trinajstić information content (AvgIpc) is 2.85. The molecule has 2 aromatic carbocycles. The van der Waals surface area contributed by atoms with Crippen molar-refractivity contribution in [3.05, 3.63) is 83.9 Å². The van der Waals surface area contributed by atoms with Crippen molar-refractivity contribution in [3.8, 4) is 16.9 Å². The summed E-state index contributed by atoms with van der Waals surface area (Å²) in [5.74, 6) is 0.589. The third kappa shape index (κ3) is 5.74. The van der Waals surface area contributed by atoms with Crippen molar-refractivity contribution in [2.24, 2.45) is 0 Å². The molecule has 1 aromatic heterocycles. The first kappa shape index (κ1) is 22.9. The van der Waals surface area contributed by atoms with Crippen LogP contribution in [-0.2, 0) is 16.1 Å². The number of rotatable bonds is 7. The van der Waals surface area contributed by atoms with Crippen LogP contribution in [-0.4, -0.2) is 61.1 Å². The van der Waals surface area contributed by atoms with Gasteiger partial charge in [0.2, 0.25) is 5.91 Å². The number of amides is 1. The maximum absolute atomic E-state index is 14.0. The molecule has 0 N–H and O–H groups in total. The molecule has 0 radical (unpaired) electrons. The predicted octanol–water partition coefficient (Wildman–Crippen LogP) is 3.93. The van der Waals surface area contributed by atoms with Crippen molar-refractivity contribution in [1.29, 1.82) is 0 Å². The number of ether oxygens (including phenoxy) is 2. The Bertz CT molecular complexity index is 1070. The van der Waals surface area contributed by atoms with E-state index in [0.29, 0.717) is 43.9 Å². The Morgan fingerprint density at radius 1 is 1.18 bits per heavy atom. The number of benzene rings is 2. The first-order chi connectivity index (χ1) is 16.0. The maximum atomic E-state index is 14.0. The monoisotopic (exact) mass is 449 g/mol. The summed E-state index contributed by atoms with van der Waals surface area (Å²) in [4.78, 5) is 21.2. The van der Waals surface area contributed by atoms with Crippen LogP contribution in [0.2, 0.25) is 0 Å². The molecule has 1 aliphatic heterocycles.